The van der Waals surface area contributed by atoms with Crippen LogP contribution in [-0.4, -0.2) is 42.9 Å². The highest BCUT2D eigenvalue weighted by Crippen LogP contribution is 2.36. The van der Waals surface area contributed by atoms with E-state index in [1.807, 2.05) is 26.8 Å². The van der Waals surface area contributed by atoms with Crippen molar-refractivity contribution in [2.45, 2.75) is 53.7 Å². The van der Waals surface area contributed by atoms with Crippen LogP contribution in [0.1, 0.15) is 58.7 Å². The number of aromatic nitrogens is 1. The highest BCUT2D eigenvalue weighted by atomic mass is 32.1. The van der Waals surface area contributed by atoms with Gasteiger partial charge in [-0.2, -0.15) is 0 Å². The molecule has 0 amide bonds. The van der Waals surface area contributed by atoms with Gasteiger partial charge in [-0.3, -0.25) is 14.2 Å². The van der Waals surface area contributed by atoms with Crippen molar-refractivity contribution >= 4 is 29.4 Å². The SMILES string of the molecule is CCOC(=O)C1=C(C)N=c2s/c(=C/c3ccc(OC(C)=O)c(OCC)c3)c(=O)n2[C@@H]1c1ccc(OC(C)C)c(OC)c1. The Kier molecular flexibility index (Phi) is 9.52. The van der Waals surface area contributed by atoms with Crippen molar-refractivity contribution in [2.75, 3.05) is 20.3 Å². The van der Waals surface area contributed by atoms with Crippen molar-refractivity contribution in [3.8, 4) is 23.0 Å². The average molecular weight is 595 g/mol. The molecule has 0 aliphatic carbocycles. The predicted molar refractivity (Wildman–Crippen MR) is 158 cm³/mol. The van der Waals surface area contributed by atoms with Gasteiger partial charge in [-0.15, -0.1) is 0 Å². The van der Waals surface area contributed by atoms with Gasteiger partial charge in [0.05, 0.1) is 48.3 Å². The Balaban J connectivity index is 1.90. The van der Waals surface area contributed by atoms with Crippen molar-refractivity contribution < 1.29 is 33.3 Å². The summed E-state index contributed by atoms with van der Waals surface area (Å²) in [5.41, 5.74) is 1.69. The fourth-order valence-electron chi connectivity index (χ4n) is 4.59. The number of fused-ring (bicyclic) bond motifs is 1. The lowest BCUT2D eigenvalue weighted by molar-refractivity contribution is -0.139. The zero-order valence-corrected chi connectivity index (χ0v) is 25.5. The van der Waals surface area contributed by atoms with Crippen LogP contribution in [0.5, 0.6) is 23.0 Å². The normalized spacial score (nSPS) is 14.8. The third-order valence-corrected chi connectivity index (χ3v) is 7.19. The van der Waals surface area contributed by atoms with E-state index in [9.17, 15) is 14.4 Å². The first-order chi connectivity index (χ1) is 20.1. The van der Waals surface area contributed by atoms with E-state index in [-0.39, 0.29) is 29.6 Å². The molecule has 1 aliphatic rings. The van der Waals surface area contributed by atoms with Crippen LogP contribution in [0.3, 0.4) is 0 Å². The number of hydrogen-bond acceptors (Lipinski definition) is 10. The first-order valence-corrected chi connectivity index (χ1v) is 14.4. The topological polar surface area (TPSA) is 115 Å². The molecule has 0 spiro atoms. The number of hydrogen-bond donors (Lipinski definition) is 0. The van der Waals surface area contributed by atoms with Gasteiger partial charge in [0, 0.05) is 6.92 Å². The van der Waals surface area contributed by atoms with Crippen LogP contribution < -0.4 is 33.8 Å². The Bertz CT molecular complexity index is 1720. The van der Waals surface area contributed by atoms with Gasteiger partial charge in [0.15, 0.2) is 27.8 Å². The van der Waals surface area contributed by atoms with Gasteiger partial charge in [0.1, 0.15) is 0 Å². The second-order valence-electron chi connectivity index (χ2n) is 9.61. The molecule has 4 rings (SSSR count). The first-order valence-electron chi connectivity index (χ1n) is 13.6. The van der Waals surface area contributed by atoms with Gasteiger partial charge in [-0.05, 0) is 76.1 Å². The van der Waals surface area contributed by atoms with Crippen molar-refractivity contribution in [1.29, 1.82) is 0 Å². The fraction of sp³-hybridized carbons (Fsp3) is 0.355. The third kappa shape index (κ3) is 6.41. The second-order valence-corrected chi connectivity index (χ2v) is 10.6. The third-order valence-electron chi connectivity index (χ3n) is 6.20. The number of esters is 2. The maximum Gasteiger partial charge on any atom is 0.338 e. The zero-order valence-electron chi connectivity index (χ0n) is 24.7. The molecule has 2 aromatic carbocycles. The lowest BCUT2D eigenvalue weighted by Crippen LogP contribution is -2.40. The molecule has 0 radical (unpaired) electrons. The molecule has 10 nitrogen and oxygen atoms in total. The Morgan fingerprint density at radius 3 is 2.43 bits per heavy atom. The molecule has 3 aromatic rings. The van der Waals surface area contributed by atoms with Crippen LogP contribution in [-0.2, 0) is 14.3 Å². The predicted octanol–water partition coefficient (Wildman–Crippen LogP) is 3.92. The summed E-state index contributed by atoms with van der Waals surface area (Å²) in [7, 11) is 1.54. The molecule has 0 fully saturated rings. The lowest BCUT2D eigenvalue weighted by Gasteiger charge is -2.25. The van der Waals surface area contributed by atoms with Crippen molar-refractivity contribution in [3.63, 3.8) is 0 Å². The monoisotopic (exact) mass is 594 g/mol. The van der Waals surface area contributed by atoms with E-state index in [0.29, 0.717) is 50.0 Å². The molecule has 42 heavy (non-hydrogen) atoms. The van der Waals surface area contributed by atoms with Gasteiger partial charge in [0.25, 0.3) is 5.56 Å². The molecular weight excluding hydrogens is 560 g/mol. The Morgan fingerprint density at radius 2 is 1.79 bits per heavy atom. The molecule has 0 saturated carbocycles. The quantitative estimate of drug-likeness (QED) is 0.256. The minimum Gasteiger partial charge on any atom is -0.493 e. The molecule has 11 heteroatoms. The lowest BCUT2D eigenvalue weighted by atomic mass is 9.95. The van der Waals surface area contributed by atoms with Crippen LogP contribution in [0.2, 0.25) is 0 Å². The molecule has 2 heterocycles. The highest BCUT2D eigenvalue weighted by molar-refractivity contribution is 7.07. The number of thiazole rings is 1. The van der Waals surface area contributed by atoms with E-state index in [2.05, 4.69) is 4.99 Å². The molecule has 0 saturated heterocycles. The smallest absolute Gasteiger partial charge is 0.338 e. The second kappa shape index (κ2) is 13.1. The molecule has 1 aliphatic heterocycles. The summed E-state index contributed by atoms with van der Waals surface area (Å²) in [6.07, 6.45) is 1.64. The van der Waals surface area contributed by atoms with E-state index in [1.165, 1.54) is 29.9 Å². The van der Waals surface area contributed by atoms with E-state index < -0.39 is 18.0 Å². The summed E-state index contributed by atoms with van der Waals surface area (Å²) in [4.78, 5) is 43.8. The summed E-state index contributed by atoms with van der Waals surface area (Å²) in [6, 6.07) is 9.57. The molecule has 0 N–H and O–H groups in total. The van der Waals surface area contributed by atoms with Crippen LogP contribution >= 0.6 is 11.3 Å². The Hall–Kier alpha value is -4.38. The fourth-order valence-corrected chi connectivity index (χ4v) is 5.63. The van der Waals surface area contributed by atoms with Gasteiger partial charge >= 0.3 is 11.9 Å². The molecular formula is C31H34N2O8S. The number of rotatable bonds is 10. The molecule has 222 valence electrons. The maximum absolute atomic E-state index is 14.0. The van der Waals surface area contributed by atoms with Gasteiger partial charge in [0.2, 0.25) is 0 Å². The van der Waals surface area contributed by atoms with Crippen LogP contribution in [0, 0.1) is 0 Å². The van der Waals surface area contributed by atoms with E-state index in [1.54, 1.807) is 50.3 Å². The van der Waals surface area contributed by atoms with Gasteiger partial charge < -0.3 is 23.7 Å². The van der Waals surface area contributed by atoms with E-state index in [4.69, 9.17) is 23.7 Å². The minimum atomic E-state index is -0.810. The highest BCUT2D eigenvalue weighted by Gasteiger charge is 2.34. The number of methoxy groups -OCH3 is 1. The average Bonchev–Trinajstić information content (AvgIpc) is 3.23. The molecule has 0 unspecified atom stereocenters. The van der Waals surface area contributed by atoms with Crippen LogP contribution in [0.4, 0.5) is 0 Å². The zero-order chi connectivity index (χ0) is 30.6. The minimum absolute atomic E-state index is 0.0778. The maximum atomic E-state index is 14.0. The van der Waals surface area contributed by atoms with Crippen LogP contribution in [0.25, 0.3) is 6.08 Å². The van der Waals surface area contributed by atoms with Crippen LogP contribution in [0.15, 0.2) is 57.5 Å². The number of benzene rings is 2. The molecule has 1 atom stereocenters. The number of allylic oxidation sites excluding steroid dienone is 1. The van der Waals surface area contributed by atoms with Crippen molar-refractivity contribution in [1.82, 2.24) is 4.57 Å². The summed E-state index contributed by atoms with van der Waals surface area (Å²) in [6.45, 7) is 10.9. The number of ether oxygens (including phenoxy) is 5. The van der Waals surface area contributed by atoms with E-state index >= 15 is 0 Å². The summed E-state index contributed by atoms with van der Waals surface area (Å²) in [5, 5.41) is 0. The van der Waals surface area contributed by atoms with E-state index in [0.717, 1.165) is 0 Å². The summed E-state index contributed by atoms with van der Waals surface area (Å²) in [5.74, 6) is 0.661. The Morgan fingerprint density at radius 1 is 1.05 bits per heavy atom. The standard InChI is InChI=1S/C31H34N2O8S/c1-8-38-25-14-20(10-12-23(25)41-19(6)34)15-26-29(35)33-28(21-11-13-22(40-17(3)4)24(16-21)37-7)27(30(36)39-9-2)18(5)32-31(33)42-26/h10-17,28H,8-9H2,1-7H3/b26-15+/t28-/m1/s1. The number of carbonyl (C=O) groups excluding carboxylic acids is 2. The number of carbonyl (C=O) groups is 2. The van der Waals surface area contributed by atoms with Gasteiger partial charge in [-0.25, -0.2) is 9.79 Å². The largest absolute Gasteiger partial charge is 0.493 e. The molecule has 1 aromatic heterocycles. The van der Waals surface area contributed by atoms with Gasteiger partial charge in [-0.1, -0.05) is 23.5 Å². The first kappa shape index (κ1) is 30.6. The Labute approximate surface area is 247 Å². The summed E-state index contributed by atoms with van der Waals surface area (Å²) >= 11 is 1.20. The van der Waals surface area contributed by atoms with Crippen molar-refractivity contribution in [3.05, 3.63) is 78.5 Å². The number of nitrogens with zero attached hydrogens (tertiary/aromatic N) is 2. The summed E-state index contributed by atoms with van der Waals surface area (Å²) < 4.78 is 29.7. The molecule has 0 bridgehead atoms. The van der Waals surface area contributed by atoms with Crippen molar-refractivity contribution in [2.24, 2.45) is 4.99 Å².